The second kappa shape index (κ2) is 8.79. The van der Waals surface area contributed by atoms with Gasteiger partial charge >= 0.3 is 12.1 Å². The van der Waals surface area contributed by atoms with Gasteiger partial charge in [0, 0.05) is 24.9 Å². The van der Waals surface area contributed by atoms with Crippen molar-refractivity contribution >= 4 is 18.0 Å². The first-order chi connectivity index (χ1) is 15.0. The number of nitrogens with one attached hydrogen (secondary N) is 1. The number of alkyl carbamates (subject to hydrolysis) is 1. The molecule has 1 aliphatic heterocycles. The van der Waals surface area contributed by atoms with Crippen LogP contribution in [0.15, 0.2) is 48.5 Å². The van der Waals surface area contributed by atoms with Gasteiger partial charge in [-0.15, -0.1) is 0 Å². The van der Waals surface area contributed by atoms with Crippen molar-refractivity contribution in [3.63, 3.8) is 0 Å². The van der Waals surface area contributed by atoms with Gasteiger partial charge in [0.05, 0.1) is 0 Å². The van der Waals surface area contributed by atoms with Crippen molar-refractivity contribution in [2.45, 2.75) is 44.2 Å². The van der Waals surface area contributed by atoms with Gasteiger partial charge in [0.1, 0.15) is 12.6 Å². The SMILES string of the molecule is C[C@@H](CC(=O)N1CCC[C@H]1C(=O)O)NC(=O)OCC1c2ccccc2-c2ccccc21. The van der Waals surface area contributed by atoms with Gasteiger partial charge in [-0.1, -0.05) is 48.5 Å². The first-order valence-electron chi connectivity index (χ1n) is 10.6. The minimum absolute atomic E-state index is 0.0315. The predicted molar refractivity (Wildman–Crippen MR) is 115 cm³/mol. The van der Waals surface area contributed by atoms with Crippen LogP contribution in [-0.4, -0.2) is 53.2 Å². The number of amides is 2. The number of hydrogen-bond acceptors (Lipinski definition) is 4. The maximum Gasteiger partial charge on any atom is 0.407 e. The molecule has 0 spiro atoms. The van der Waals surface area contributed by atoms with E-state index in [9.17, 15) is 19.5 Å². The lowest BCUT2D eigenvalue weighted by Gasteiger charge is -2.23. The Labute approximate surface area is 181 Å². The zero-order chi connectivity index (χ0) is 22.0. The summed E-state index contributed by atoms with van der Waals surface area (Å²) in [6.45, 7) is 2.35. The number of ether oxygens (including phenoxy) is 1. The van der Waals surface area contributed by atoms with Gasteiger partial charge in [-0.3, -0.25) is 4.79 Å². The summed E-state index contributed by atoms with van der Waals surface area (Å²) in [5, 5.41) is 11.9. The van der Waals surface area contributed by atoms with Crippen molar-refractivity contribution in [2.75, 3.05) is 13.2 Å². The highest BCUT2D eigenvalue weighted by Gasteiger charge is 2.34. The van der Waals surface area contributed by atoms with Gasteiger partial charge in [0.15, 0.2) is 0 Å². The van der Waals surface area contributed by atoms with Crippen LogP contribution in [0.5, 0.6) is 0 Å². The molecule has 31 heavy (non-hydrogen) atoms. The van der Waals surface area contributed by atoms with Gasteiger partial charge in [0.25, 0.3) is 0 Å². The fourth-order valence-corrected chi connectivity index (χ4v) is 4.59. The van der Waals surface area contributed by atoms with Crippen molar-refractivity contribution in [1.29, 1.82) is 0 Å². The highest BCUT2D eigenvalue weighted by Crippen LogP contribution is 2.44. The Hall–Kier alpha value is -3.35. The molecule has 0 unspecified atom stereocenters. The van der Waals surface area contributed by atoms with Crippen LogP contribution < -0.4 is 5.32 Å². The molecule has 162 valence electrons. The van der Waals surface area contributed by atoms with E-state index in [0.717, 1.165) is 22.3 Å². The molecule has 2 atom stereocenters. The molecule has 2 N–H and O–H groups in total. The van der Waals surface area contributed by atoms with E-state index in [1.165, 1.54) is 4.90 Å². The Balaban J connectivity index is 1.32. The number of hydrogen-bond donors (Lipinski definition) is 2. The summed E-state index contributed by atoms with van der Waals surface area (Å²) >= 11 is 0. The minimum Gasteiger partial charge on any atom is -0.480 e. The van der Waals surface area contributed by atoms with Crippen LogP contribution >= 0.6 is 0 Å². The topological polar surface area (TPSA) is 95.9 Å². The van der Waals surface area contributed by atoms with E-state index in [0.29, 0.717) is 19.4 Å². The highest BCUT2D eigenvalue weighted by molar-refractivity contribution is 5.85. The molecule has 1 aliphatic carbocycles. The van der Waals surface area contributed by atoms with Crippen LogP contribution in [-0.2, 0) is 14.3 Å². The molecule has 2 aliphatic rings. The monoisotopic (exact) mass is 422 g/mol. The van der Waals surface area contributed by atoms with Gasteiger partial charge < -0.3 is 20.1 Å². The van der Waals surface area contributed by atoms with Crippen LogP contribution in [0.4, 0.5) is 4.79 Å². The molecule has 2 aromatic rings. The third-order valence-electron chi connectivity index (χ3n) is 6.05. The Kier molecular flexibility index (Phi) is 5.93. The van der Waals surface area contributed by atoms with Crippen LogP contribution in [0.3, 0.4) is 0 Å². The fourth-order valence-electron chi connectivity index (χ4n) is 4.59. The number of likely N-dealkylation sites (tertiary alicyclic amines) is 1. The molecule has 0 aromatic heterocycles. The quantitative estimate of drug-likeness (QED) is 0.744. The lowest BCUT2D eigenvalue weighted by Crippen LogP contribution is -2.44. The van der Waals surface area contributed by atoms with E-state index in [4.69, 9.17) is 4.74 Å². The summed E-state index contributed by atoms with van der Waals surface area (Å²) in [6, 6.07) is 15.0. The molecule has 1 fully saturated rings. The van der Waals surface area contributed by atoms with Crippen LogP contribution in [0.1, 0.15) is 43.2 Å². The molecule has 2 aromatic carbocycles. The standard InChI is InChI=1S/C24H26N2O5/c1-15(13-22(27)26-12-6-11-21(26)23(28)29)25-24(30)31-14-20-18-9-4-2-7-16(18)17-8-3-5-10-19(17)20/h2-5,7-10,15,20-21H,6,11-14H2,1H3,(H,25,30)(H,28,29)/t15-,21-/m0/s1. The summed E-state index contributed by atoms with van der Waals surface area (Å²) < 4.78 is 5.51. The summed E-state index contributed by atoms with van der Waals surface area (Å²) in [5.74, 6) is -1.28. The van der Waals surface area contributed by atoms with Crippen LogP contribution in [0, 0.1) is 0 Å². The number of nitrogens with zero attached hydrogens (tertiary/aromatic N) is 1. The van der Waals surface area contributed by atoms with Crippen molar-refractivity contribution in [2.24, 2.45) is 0 Å². The summed E-state index contributed by atoms with van der Waals surface area (Å²) in [4.78, 5) is 37.5. The van der Waals surface area contributed by atoms with Crippen molar-refractivity contribution in [3.8, 4) is 11.1 Å². The number of carbonyl (C=O) groups is 3. The van der Waals surface area contributed by atoms with Gasteiger partial charge in [-0.25, -0.2) is 9.59 Å². The fraction of sp³-hybridized carbons (Fsp3) is 0.375. The van der Waals surface area contributed by atoms with Crippen molar-refractivity contribution in [1.82, 2.24) is 10.2 Å². The van der Waals surface area contributed by atoms with E-state index in [1.807, 2.05) is 24.3 Å². The molecule has 4 rings (SSSR count). The lowest BCUT2D eigenvalue weighted by molar-refractivity contribution is -0.148. The van der Waals surface area contributed by atoms with Crippen molar-refractivity contribution < 1.29 is 24.2 Å². The smallest absolute Gasteiger partial charge is 0.407 e. The number of carboxylic acid groups (broad SMARTS) is 1. The van der Waals surface area contributed by atoms with E-state index in [1.54, 1.807) is 6.92 Å². The molecule has 1 saturated heterocycles. The van der Waals surface area contributed by atoms with E-state index < -0.39 is 24.1 Å². The van der Waals surface area contributed by atoms with Gasteiger partial charge in [-0.05, 0) is 42.0 Å². The Morgan fingerprint density at radius 1 is 1.10 bits per heavy atom. The number of rotatable bonds is 6. The number of carbonyl (C=O) groups excluding carboxylic acids is 2. The van der Waals surface area contributed by atoms with Gasteiger partial charge in [-0.2, -0.15) is 0 Å². The maximum atomic E-state index is 12.5. The summed E-state index contributed by atoms with van der Waals surface area (Å²) in [5.41, 5.74) is 4.58. The number of benzene rings is 2. The predicted octanol–water partition coefficient (Wildman–Crippen LogP) is 3.38. The first-order valence-corrected chi connectivity index (χ1v) is 10.6. The van der Waals surface area contributed by atoms with E-state index in [2.05, 4.69) is 29.6 Å². The van der Waals surface area contributed by atoms with E-state index >= 15 is 0 Å². The molecule has 7 heteroatoms. The van der Waals surface area contributed by atoms with Crippen LogP contribution in [0.2, 0.25) is 0 Å². The average molecular weight is 422 g/mol. The molecule has 1 heterocycles. The molecule has 2 amide bonds. The Morgan fingerprint density at radius 2 is 1.71 bits per heavy atom. The summed E-state index contributed by atoms with van der Waals surface area (Å²) in [7, 11) is 0. The number of aliphatic carboxylic acids is 1. The van der Waals surface area contributed by atoms with Crippen LogP contribution in [0.25, 0.3) is 11.1 Å². The number of fused-ring (bicyclic) bond motifs is 3. The lowest BCUT2D eigenvalue weighted by atomic mass is 9.98. The van der Waals surface area contributed by atoms with Gasteiger partial charge in [0.2, 0.25) is 5.91 Å². The highest BCUT2D eigenvalue weighted by atomic mass is 16.5. The second-order valence-corrected chi connectivity index (χ2v) is 8.16. The first kappa shape index (κ1) is 20.9. The third kappa shape index (κ3) is 4.26. The molecule has 7 nitrogen and oxygen atoms in total. The molecular weight excluding hydrogens is 396 g/mol. The summed E-state index contributed by atoms with van der Waals surface area (Å²) in [6.07, 6.45) is 0.596. The molecular formula is C24H26N2O5. The minimum atomic E-state index is -0.983. The molecule has 0 radical (unpaired) electrons. The number of carboxylic acids is 1. The normalized spacial score (nSPS) is 18.2. The largest absolute Gasteiger partial charge is 0.480 e. The Morgan fingerprint density at radius 3 is 2.32 bits per heavy atom. The Bertz CT molecular complexity index is 959. The average Bonchev–Trinajstić information content (AvgIpc) is 3.36. The zero-order valence-corrected chi connectivity index (χ0v) is 17.4. The maximum absolute atomic E-state index is 12.5. The zero-order valence-electron chi connectivity index (χ0n) is 17.4. The third-order valence-corrected chi connectivity index (χ3v) is 6.05. The molecule has 0 saturated carbocycles. The second-order valence-electron chi connectivity index (χ2n) is 8.16. The van der Waals surface area contributed by atoms with E-state index in [-0.39, 0.29) is 24.9 Å². The van der Waals surface area contributed by atoms with Crippen molar-refractivity contribution in [3.05, 3.63) is 59.7 Å². The molecule has 0 bridgehead atoms.